The summed E-state index contributed by atoms with van der Waals surface area (Å²) in [6.07, 6.45) is 2.04. The molecule has 0 fully saturated rings. The van der Waals surface area contributed by atoms with Gasteiger partial charge in [0, 0.05) is 22.7 Å². The van der Waals surface area contributed by atoms with Gasteiger partial charge in [-0.15, -0.1) is 0 Å². The van der Waals surface area contributed by atoms with Crippen molar-refractivity contribution in [3.8, 4) is 0 Å². The molecule has 0 saturated carbocycles. The van der Waals surface area contributed by atoms with Gasteiger partial charge in [-0.3, -0.25) is 10.1 Å². The third-order valence-electron chi connectivity index (χ3n) is 3.38. The number of hydrogen-bond acceptors (Lipinski definition) is 3. The number of aryl methyl sites for hydroxylation is 1. The SMILES string of the molecule is NC(CCc1ccccc1[N+](=O)[O-])Cc1ccc(Cl)cc1. The van der Waals surface area contributed by atoms with Crippen molar-refractivity contribution in [2.24, 2.45) is 5.73 Å². The van der Waals surface area contributed by atoms with Crippen molar-refractivity contribution < 1.29 is 4.92 Å². The van der Waals surface area contributed by atoms with Gasteiger partial charge in [0.2, 0.25) is 0 Å². The van der Waals surface area contributed by atoms with Gasteiger partial charge < -0.3 is 5.73 Å². The fraction of sp³-hybridized carbons (Fsp3) is 0.250. The van der Waals surface area contributed by atoms with Crippen LogP contribution in [0.1, 0.15) is 17.5 Å². The molecule has 1 atom stereocenters. The maximum Gasteiger partial charge on any atom is 0.272 e. The van der Waals surface area contributed by atoms with E-state index in [2.05, 4.69) is 0 Å². The lowest BCUT2D eigenvalue weighted by Gasteiger charge is -2.12. The second-order valence-electron chi connectivity index (χ2n) is 5.02. The van der Waals surface area contributed by atoms with Gasteiger partial charge >= 0.3 is 0 Å². The summed E-state index contributed by atoms with van der Waals surface area (Å²) in [6, 6.07) is 14.3. The Labute approximate surface area is 128 Å². The maximum atomic E-state index is 11.0. The predicted molar refractivity (Wildman–Crippen MR) is 84.5 cm³/mol. The zero-order valence-electron chi connectivity index (χ0n) is 11.5. The third-order valence-corrected chi connectivity index (χ3v) is 3.64. The van der Waals surface area contributed by atoms with E-state index in [-0.39, 0.29) is 16.7 Å². The molecule has 4 nitrogen and oxygen atoms in total. The number of rotatable bonds is 6. The van der Waals surface area contributed by atoms with Crippen LogP contribution in [0.2, 0.25) is 5.02 Å². The predicted octanol–water partition coefficient (Wildman–Crippen LogP) is 3.75. The lowest BCUT2D eigenvalue weighted by molar-refractivity contribution is -0.385. The van der Waals surface area contributed by atoms with E-state index in [0.717, 1.165) is 17.5 Å². The number of benzene rings is 2. The molecule has 0 aliphatic rings. The molecule has 0 saturated heterocycles. The van der Waals surface area contributed by atoms with Crippen molar-refractivity contribution in [3.63, 3.8) is 0 Å². The first-order valence-corrected chi connectivity index (χ1v) is 7.16. The van der Waals surface area contributed by atoms with E-state index in [1.165, 1.54) is 6.07 Å². The van der Waals surface area contributed by atoms with Gasteiger partial charge in [0.25, 0.3) is 5.69 Å². The monoisotopic (exact) mass is 304 g/mol. The van der Waals surface area contributed by atoms with Crippen LogP contribution >= 0.6 is 11.6 Å². The van der Waals surface area contributed by atoms with Crippen LogP contribution in [0.5, 0.6) is 0 Å². The van der Waals surface area contributed by atoms with Gasteiger partial charge in [-0.1, -0.05) is 41.9 Å². The fourth-order valence-corrected chi connectivity index (χ4v) is 2.39. The number of nitro benzene ring substituents is 1. The Balaban J connectivity index is 1.93. The summed E-state index contributed by atoms with van der Waals surface area (Å²) in [5.74, 6) is 0. The summed E-state index contributed by atoms with van der Waals surface area (Å²) >= 11 is 5.84. The lowest BCUT2D eigenvalue weighted by Crippen LogP contribution is -2.23. The molecule has 2 N–H and O–H groups in total. The van der Waals surface area contributed by atoms with Gasteiger partial charge in [0.05, 0.1) is 4.92 Å². The Morgan fingerprint density at radius 2 is 1.81 bits per heavy atom. The minimum absolute atomic E-state index is 0.0361. The minimum Gasteiger partial charge on any atom is -0.327 e. The molecule has 110 valence electrons. The molecule has 21 heavy (non-hydrogen) atoms. The van der Waals surface area contributed by atoms with E-state index < -0.39 is 0 Å². The van der Waals surface area contributed by atoms with Crippen molar-refractivity contribution in [3.05, 3.63) is 74.8 Å². The largest absolute Gasteiger partial charge is 0.327 e. The highest BCUT2D eigenvalue weighted by Gasteiger charge is 2.13. The Morgan fingerprint density at radius 1 is 1.14 bits per heavy atom. The molecule has 0 radical (unpaired) electrons. The Hall–Kier alpha value is -1.91. The fourth-order valence-electron chi connectivity index (χ4n) is 2.27. The molecular formula is C16H17ClN2O2. The van der Waals surface area contributed by atoms with Gasteiger partial charge in [0.15, 0.2) is 0 Å². The van der Waals surface area contributed by atoms with E-state index in [9.17, 15) is 10.1 Å². The van der Waals surface area contributed by atoms with Gasteiger partial charge in [-0.2, -0.15) is 0 Å². The summed E-state index contributed by atoms with van der Waals surface area (Å²) < 4.78 is 0. The number of nitrogens with two attached hydrogens (primary N) is 1. The molecule has 0 heterocycles. The Bertz CT molecular complexity index is 614. The maximum absolute atomic E-state index is 11.0. The molecule has 0 aliphatic heterocycles. The zero-order chi connectivity index (χ0) is 15.2. The second kappa shape index (κ2) is 7.20. The lowest BCUT2D eigenvalue weighted by atomic mass is 9.99. The molecular weight excluding hydrogens is 288 g/mol. The Kier molecular flexibility index (Phi) is 5.31. The molecule has 0 amide bonds. The highest BCUT2D eigenvalue weighted by atomic mass is 35.5. The topological polar surface area (TPSA) is 69.2 Å². The average molecular weight is 305 g/mol. The van der Waals surface area contributed by atoms with Crippen LogP contribution < -0.4 is 5.73 Å². The molecule has 0 aliphatic carbocycles. The summed E-state index contributed by atoms with van der Waals surface area (Å²) in [7, 11) is 0. The van der Waals surface area contributed by atoms with Crippen molar-refractivity contribution in [2.75, 3.05) is 0 Å². The van der Waals surface area contributed by atoms with Crippen LogP contribution in [0.4, 0.5) is 5.69 Å². The minimum atomic E-state index is -0.347. The number of halogens is 1. The van der Waals surface area contributed by atoms with Crippen molar-refractivity contribution in [1.82, 2.24) is 0 Å². The van der Waals surface area contributed by atoms with Crippen LogP contribution in [0.15, 0.2) is 48.5 Å². The van der Waals surface area contributed by atoms with Crippen molar-refractivity contribution in [1.29, 1.82) is 0 Å². The first-order valence-electron chi connectivity index (χ1n) is 6.78. The normalized spacial score (nSPS) is 12.1. The van der Waals surface area contributed by atoms with Gasteiger partial charge in [0.1, 0.15) is 0 Å². The molecule has 0 spiro atoms. The zero-order valence-corrected chi connectivity index (χ0v) is 12.3. The molecule has 2 aromatic rings. The van der Waals surface area contributed by atoms with Gasteiger partial charge in [-0.25, -0.2) is 0 Å². The molecule has 1 unspecified atom stereocenters. The molecule has 0 bridgehead atoms. The van der Waals surface area contributed by atoms with Crippen LogP contribution in [0, 0.1) is 10.1 Å². The Morgan fingerprint density at radius 3 is 2.48 bits per heavy atom. The molecule has 0 aromatic heterocycles. The highest BCUT2D eigenvalue weighted by Crippen LogP contribution is 2.20. The first-order chi connectivity index (χ1) is 10.1. The van der Waals surface area contributed by atoms with E-state index in [0.29, 0.717) is 17.9 Å². The van der Waals surface area contributed by atoms with Crippen LogP contribution in [-0.4, -0.2) is 11.0 Å². The quantitative estimate of drug-likeness (QED) is 0.652. The number of hydrogen-bond donors (Lipinski definition) is 1. The van der Waals surface area contributed by atoms with Crippen molar-refractivity contribution in [2.45, 2.75) is 25.3 Å². The number of nitro groups is 1. The van der Waals surface area contributed by atoms with Crippen molar-refractivity contribution >= 4 is 17.3 Å². The van der Waals surface area contributed by atoms with Gasteiger partial charge in [-0.05, 0) is 37.0 Å². The molecule has 2 rings (SSSR count). The average Bonchev–Trinajstić information content (AvgIpc) is 2.48. The third kappa shape index (κ3) is 4.55. The number of para-hydroxylation sites is 1. The van der Waals surface area contributed by atoms with Crippen LogP contribution in [-0.2, 0) is 12.8 Å². The summed E-state index contributed by atoms with van der Waals surface area (Å²) in [5.41, 5.74) is 8.13. The first kappa shape index (κ1) is 15.5. The van der Waals surface area contributed by atoms with E-state index in [4.69, 9.17) is 17.3 Å². The highest BCUT2D eigenvalue weighted by molar-refractivity contribution is 6.30. The second-order valence-corrected chi connectivity index (χ2v) is 5.45. The smallest absolute Gasteiger partial charge is 0.272 e. The summed E-state index contributed by atoms with van der Waals surface area (Å²) in [4.78, 5) is 10.6. The van der Waals surface area contributed by atoms with E-state index in [1.807, 2.05) is 30.3 Å². The molecule has 5 heteroatoms. The standard InChI is InChI=1S/C16H17ClN2O2/c17-14-8-5-12(6-9-14)11-15(18)10-7-13-3-1-2-4-16(13)19(20)21/h1-6,8-9,15H,7,10-11,18H2. The summed E-state index contributed by atoms with van der Waals surface area (Å²) in [6.45, 7) is 0. The van der Waals surface area contributed by atoms with Crippen LogP contribution in [0.25, 0.3) is 0 Å². The van der Waals surface area contributed by atoms with E-state index >= 15 is 0 Å². The molecule has 2 aromatic carbocycles. The number of nitrogens with zero attached hydrogens (tertiary/aromatic N) is 1. The van der Waals surface area contributed by atoms with E-state index in [1.54, 1.807) is 12.1 Å². The summed E-state index contributed by atoms with van der Waals surface area (Å²) in [5, 5.41) is 11.7. The van der Waals surface area contributed by atoms with Crippen LogP contribution in [0.3, 0.4) is 0 Å².